The molecule has 0 radical (unpaired) electrons. The molecule has 0 saturated carbocycles. The minimum atomic E-state index is -0.398. The van der Waals surface area contributed by atoms with Gasteiger partial charge in [-0.1, -0.05) is 18.2 Å². The van der Waals surface area contributed by atoms with Crippen LogP contribution in [0.25, 0.3) is 0 Å². The first-order valence-corrected chi connectivity index (χ1v) is 9.60. The zero-order valence-corrected chi connectivity index (χ0v) is 15.4. The van der Waals surface area contributed by atoms with Crippen molar-refractivity contribution in [3.05, 3.63) is 59.4 Å². The predicted octanol–water partition coefficient (Wildman–Crippen LogP) is 4.10. The van der Waals surface area contributed by atoms with Crippen LogP contribution >= 0.6 is 11.8 Å². The highest BCUT2D eigenvalue weighted by atomic mass is 32.2. The van der Waals surface area contributed by atoms with E-state index in [4.69, 9.17) is 0 Å². The highest BCUT2D eigenvalue weighted by Gasteiger charge is 2.19. The summed E-state index contributed by atoms with van der Waals surface area (Å²) in [5.41, 5.74) is 1.72. The average molecular weight is 372 g/mol. The topological polar surface area (TPSA) is 49.4 Å². The van der Waals surface area contributed by atoms with Gasteiger partial charge in [-0.2, -0.15) is 0 Å². The quantitative estimate of drug-likeness (QED) is 0.804. The highest BCUT2D eigenvalue weighted by molar-refractivity contribution is 8.00. The van der Waals surface area contributed by atoms with Crippen molar-refractivity contribution < 1.29 is 14.0 Å². The molecule has 1 aliphatic rings. The molecule has 2 aromatic carbocycles. The van der Waals surface area contributed by atoms with Crippen molar-refractivity contribution in [1.29, 1.82) is 0 Å². The summed E-state index contributed by atoms with van der Waals surface area (Å²) in [5, 5.41) is 2.76. The minimum absolute atomic E-state index is 0.101. The zero-order valence-electron chi connectivity index (χ0n) is 14.6. The van der Waals surface area contributed by atoms with Gasteiger partial charge in [-0.3, -0.25) is 9.59 Å². The Hall–Kier alpha value is -2.34. The van der Waals surface area contributed by atoms with Gasteiger partial charge in [0.15, 0.2) is 0 Å². The van der Waals surface area contributed by atoms with Gasteiger partial charge in [0.25, 0.3) is 5.91 Å². The Morgan fingerprint density at radius 2 is 1.88 bits per heavy atom. The minimum Gasteiger partial charge on any atom is -0.342 e. The number of carbonyl (C=O) groups is 2. The smallest absolute Gasteiger partial charge is 0.256 e. The number of aryl methyl sites for hydroxylation is 1. The van der Waals surface area contributed by atoms with E-state index in [0.717, 1.165) is 36.4 Å². The highest BCUT2D eigenvalue weighted by Crippen LogP contribution is 2.25. The molecule has 1 N–H and O–H groups in total. The summed E-state index contributed by atoms with van der Waals surface area (Å²) in [6, 6.07) is 11.5. The number of hydrogen-bond acceptors (Lipinski definition) is 3. The van der Waals surface area contributed by atoms with Gasteiger partial charge in [-0.15, -0.1) is 11.8 Å². The SMILES string of the molecule is Cc1ccc(F)cc1NC(=O)c1ccccc1SCC(=O)N1CCCC1. The number of nitrogens with zero attached hydrogens (tertiary/aromatic N) is 1. The average Bonchev–Trinajstić information content (AvgIpc) is 3.18. The van der Waals surface area contributed by atoms with E-state index in [-0.39, 0.29) is 11.8 Å². The first kappa shape index (κ1) is 18.5. The maximum atomic E-state index is 13.4. The van der Waals surface area contributed by atoms with E-state index >= 15 is 0 Å². The molecule has 2 aromatic rings. The van der Waals surface area contributed by atoms with Crippen LogP contribution in [-0.2, 0) is 4.79 Å². The Labute approximate surface area is 156 Å². The Balaban J connectivity index is 1.70. The number of anilines is 1. The molecule has 1 saturated heterocycles. The van der Waals surface area contributed by atoms with Gasteiger partial charge in [-0.05, 0) is 49.6 Å². The van der Waals surface area contributed by atoms with Crippen molar-refractivity contribution in [2.45, 2.75) is 24.7 Å². The van der Waals surface area contributed by atoms with Crippen LogP contribution in [0.1, 0.15) is 28.8 Å². The van der Waals surface area contributed by atoms with Crippen LogP contribution in [0.2, 0.25) is 0 Å². The molecule has 0 aromatic heterocycles. The molecule has 1 heterocycles. The number of rotatable bonds is 5. The maximum Gasteiger partial charge on any atom is 0.256 e. The summed E-state index contributed by atoms with van der Waals surface area (Å²) in [6.45, 7) is 3.45. The van der Waals surface area contributed by atoms with Crippen LogP contribution in [0.5, 0.6) is 0 Å². The molecule has 2 amide bonds. The van der Waals surface area contributed by atoms with Crippen LogP contribution < -0.4 is 5.32 Å². The second-order valence-corrected chi connectivity index (χ2v) is 7.30. The van der Waals surface area contributed by atoms with Crippen molar-refractivity contribution in [1.82, 2.24) is 4.90 Å². The van der Waals surface area contributed by atoms with Gasteiger partial charge < -0.3 is 10.2 Å². The third-order valence-electron chi connectivity index (χ3n) is 4.39. The van der Waals surface area contributed by atoms with Crippen molar-refractivity contribution in [2.75, 3.05) is 24.2 Å². The molecule has 3 rings (SSSR count). The lowest BCUT2D eigenvalue weighted by molar-refractivity contribution is -0.127. The maximum absolute atomic E-state index is 13.4. The fourth-order valence-corrected chi connectivity index (χ4v) is 3.85. The lowest BCUT2D eigenvalue weighted by Crippen LogP contribution is -2.29. The number of carbonyl (C=O) groups excluding carboxylic acids is 2. The summed E-state index contributed by atoms with van der Waals surface area (Å²) in [7, 11) is 0. The normalized spacial score (nSPS) is 13.7. The van der Waals surface area contributed by atoms with Gasteiger partial charge in [0, 0.05) is 23.7 Å². The van der Waals surface area contributed by atoms with Gasteiger partial charge in [0.1, 0.15) is 5.82 Å². The molecule has 0 atom stereocenters. The van der Waals surface area contributed by atoms with Crippen molar-refractivity contribution in [2.24, 2.45) is 0 Å². The molecule has 0 spiro atoms. The van der Waals surface area contributed by atoms with E-state index in [1.807, 2.05) is 24.0 Å². The zero-order chi connectivity index (χ0) is 18.5. The van der Waals surface area contributed by atoms with E-state index in [9.17, 15) is 14.0 Å². The molecule has 6 heteroatoms. The van der Waals surface area contributed by atoms with Gasteiger partial charge in [0.05, 0.1) is 11.3 Å². The van der Waals surface area contributed by atoms with Crippen LogP contribution in [0.3, 0.4) is 0 Å². The first-order valence-electron chi connectivity index (χ1n) is 8.62. The van der Waals surface area contributed by atoms with Gasteiger partial charge in [0.2, 0.25) is 5.91 Å². The van der Waals surface area contributed by atoms with E-state index in [0.29, 0.717) is 17.0 Å². The summed E-state index contributed by atoms with van der Waals surface area (Å²) < 4.78 is 13.4. The first-order chi connectivity index (χ1) is 12.5. The lowest BCUT2D eigenvalue weighted by atomic mass is 10.1. The van der Waals surface area contributed by atoms with Gasteiger partial charge >= 0.3 is 0 Å². The molecule has 0 bridgehead atoms. The van der Waals surface area contributed by atoms with Crippen molar-refractivity contribution in [3.63, 3.8) is 0 Å². The molecular weight excluding hydrogens is 351 g/mol. The van der Waals surface area contributed by atoms with E-state index in [1.165, 1.54) is 23.9 Å². The number of likely N-dealkylation sites (tertiary alicyclic amines) is 1. The van der Waals surface area contributed by atoms with Crippen molar-refractivity contribution in [3.8, 4) is 0 Å². The Morgan fingerprint density at radius 3 is 2.65 bits per heavy atom. The number of benzene rings is 2. The number of thioether (sulfide) groups is 1. The largest absolute Gasteiger partial charge is 0.342 e. The number of hydrogen-bond donors (Lipinski definition) is 1. The molecule has 0 unspecified atom stereocenters. The van der Waals surface area contributed by atoms with Crippen molar-refractivity contribution >= 4 is 29.3 Å². The van der Waals surface area contributed by atoms with Crippen LogP contribution in [0, 0.1) is 12.7 Å². The Kier molecular flexibility index (Phi) is 5.93. The van der Waals surface area contributed by atoms with E-state index < -0.39 is 5.82 Å². The molecule has 1 fully saturated rings. The second kappa shape index (κ2) is 8.36. The monoisotopic (exact) mass is 372 g/mol. The summed E-state index contributed by atoms with van der Waals surface area (Å²) in [5.74, 6) is -0.299. The number of amides is 2. The second-order valence-electron chi connectivity index (χ2n) is 6.29. The summed E-state index contributed by atoms with van der Waals surface area (Å²) >= 11 is 1.36. The Bertz CT molecular complexity index is 819. The molecule has 136 valence electrons. The molecule has 1 aliphatic heterocycles. The molecule has 0 aliphatic carbocycles. The third kappa shape index (κ3) is 4.43. The number of nitrogens with one attached hydrogen (secondary N) is 1. The van der Waals surface area contributed by atoms with Gasteiger partial charge in [-0.25, -0.2) is 4.39 Å². The van der Waals surface area contributed by atoms with Crippen LogP contribution in [0.15, 0.2) is 47.4 Å². The number of halogens is 1. The fourth-order valence-electron chi connectivity index (χ4n) is 2.90. The third-order valence-corrected chi connectivity index (χ3v) is 5.45. The van der Waals surface area contributed by atoms with E-state index in [1.54, 1.807) is 18.2 Å². The predicted molar refractivity (Wildman–Crippen MR) is 102 cm³/mol. The standard InChI is InChI=1S/C20H21FN2O2S/c1-14-8-9-15(21)12-17(14)22-20(25)16-6-2-3-7-18(16)26-13-19(24)23-10-4-5-11-23/h2-3,6-9,12H,4-5,10-11,13H2,1H3,(H,22,25). The van der Waals surface area contributed by atoms with Crippen LogP contribution in [-0.4, -0.2) is 35.6 Å². The molecular formula is C20H21FN2O2S. The van der Waals surface area contributed by atoms with Crippen LogP contribution in [0.4, 0.5) is 10.1 Å². The van der Waals surface area contributed by atoms with E-state index in [2.05, 4.69) is 5.32 Å². The lowest BCUT2D eigenvalue weighted by Gasteiger charge is -2.15. The summed E-state index contributed by atoms with van der Waals surface area (Å²) in [4.78, 5) is 27.5. The Morgan fingerprint density at radius 1 is 1.15 bits per heavy atom. The fraction of sp³-hybridized carbons (Fsp3) is 0.300. The summed E-state index contributed by atoms with van der Waals surface area (Å²) in [6.07, 6.45) is 2.12. The molecule has 4 nitrogen and oxygen atoms in total. The molecule has 26 heavy (non-hydrogen) atoms.